The van der Waals surface area contributed by atoms with Crippen LogP contribution >= 0.6 is 0 Å². The van der Waals surface area contributed by atoms with E-state index in [0.717, 1.165) is 64.2 Å². The molecule has 0 spiro atoms. The number of rotatable bonds is 45. The minimum atomic E-state index is -0.804. The Kier molecular flexibility index (Phi) is 46.9. The smallest absolute Gasteiger partial charge is 0.306 e. The lowest BCUT2D eigenvalue weighted by atomic mass is 10.1. The quantitative estimate of drug-likeness (QED) is 0.0200. The summed E-state index contributed by atoms with van der Waals surface area (Å²) in [4.78, 5) is 37.9. The first-order valence-electron chi connectivity index (χ1n) is 25.5. The van der Waals surface area contributed by atoms with Crippen molar-refractivity contribution in [2.75, 3.05) is 13.2 Å². The van der Waals surface area contributed by atoms with Gasteiger partial charge < -0.3 is 14.2 Å². The lowest BCUT2D eigenvalue weighted by molar-refractivity contribution is -0.166. The summed E-state index contributed by atoms with van der Waals surface area (Å²) >= 11 is 0. The average molecular weight is 851 g/mol. The number of unbranched alkanes of at least 4 members (excludes halogenated alkanes) is 24. The van der Waals surface area contributed by atoms with Crippen LogP contribution in [0.3, 0.4) is 0 Å². The first-order chi connectivity index (χ1) is 30.0. The third-order valence-electron chi connectivity index (χ3n) is 10.7. The molecule has 0 heterocycles. The zero-order valence-electron chi connectivity index (χ0n) is 39.9. The highest BCUT2D eigenvalue weighted by Crippen LogP contribution is 2.14. The van der Waals surface area contributed by atoms with Gasteiger partial charge in [0.05, 0.1) is 0 Å². The molecule has 350 valence electrons. The summed E-state index contributed by atoms with van der Waals surface area (Å²) in [6, 6.07) is 0. The van der Waals surface area contributed by atoms with Crippen LogP contribution in [0, 0.1) is 0 Å². The van der Waals surface area contributed by atoms with Gasteiger partial charge in [0, 0.05) is 19.3 Å². The normalized spacial score (nSPS) is 12.6. The third-order valence-corrected chi connectivity index (χ3v) is 10.7. The molecule has 0 rings (SSSR count). The van der Waals surface area contributed by atoms with Crippen molar-refractivity contribution in [3.63, 3.8) is 0 Å². The standard InChI is InChI=1S/C55H94O6/c1-4-7-10-13-16-19-22-25-27-30-33-36-39-42-45-48-54(57)60-51-52(50-59-53(56)47-44-41-38-35-32-29-24-21-18-15-12-9-6-3)61-55(58)49-46-43-40-37-34-31-28-26-23-20-17-14-11-8-5-2/h7,10,13,16,19-20,22-23,29,32,38,41,52H,4-6,8-9,11-12,14-15,17-18,21,24-28,30-31,33-37,39-40,42-51H2,1-3H3/b10-7-,16-13-,22-19-,23-20-,32-29-,41-38-. The molecular weight excluding hydrogens is 757 g/mol. The SMILES string of the molecule is CC\C=C/C=C\C=C/CCCCCCCCCC(=O)OCC(COC(=O)CC/C=C\C/C=C\CCCCCCCC)OC(=O)CCCCCCCCC/C=C\CCCCCC. The fraction of sp³-hybridized carbons (Fsp3) is 0.727. The summed E-state index contributed by atoms with van der Waals surface area (Å²) in [6.45, 7) is 6.42. The Balaban J connectivity index is 4.46. The zero-order valence-corrected chi connectivity index (χ0v) is 39.9. The molecule has 0 aliphatic heterocycles. The maximum absolute atomic E-state index is 12.8. The van der Waals surface area contributed by atoms with Gasteiger partial charge in [-0.3, -0.25) is 14.4 Å². The zero-order chi connectivity index (χ0) is 44.4. The summed E-state index contributed by atoms with van der Waals surface area (Å²) in [5, 5.41) is 0. The summed E-state index contributed by atoms with van der Waals surface area (Å²) in [5.74, 6) is -0.986. The Morgan fingerprint density at radius 3 is 1.25 bits per heavy atom. The van der Waals surface area contributed by atoms with Crippen molar-refractivity contribution in [2.45, 2.75) is 245 Å². The molecule has 0 amide bonds. The summed E-state index contributed by atoms with van der Waals surface area (Å²) in [5.41, 5.74) is 0. The molecule has 1 atom stereocenters. The van der Waals surface area contributed by atoms with E-state index in [2.05, 4.69) is 87.6 Å². The fourth-order valence-electron chi connectivity index (χ4n) is 6.90. The van der Waals surface area contributed by atoms with Crippen LogP contribution in [-0.4, -0.2) is 37.2 Å². The van der Waals surface area contributed by atoms with Gasteiger partial charge in [-0.1, -0.05) is 209 Å². The van der Waals surface area contributed by atoms with Crippen molar-refractivity contribution in [3.8, 4) is 0 Å². The summed E-state index contributed by atoms with van der Waals surface area (Å²) < 4.78 is 16.7. The van der Waals surface area contributed by atoms with Crippen LogP contribution < -0.4 is 0 Å². The Morgan fingerprint density at radius 2 is 0.738 bits per heavy atom. The van der Waals surface area contributed by atoms with Crippen LogP contribution in [0.1, 0.15) is 239 Å². The predicted molar refractivity (Wildman–Crippen MR) is 261 cm³/mol. The molecule has 0 aromatic heterocycles. The maximum atomic E-state index is 12.8. The minimum absolute atomic E-state index is 0.101. The van der Waals surface area contributed by atoms with Gasteiger partial charge in [0.25, 0.3) is 0 Å². The monoisotopic (exact) mass is 851 g/mol. The summed E-state index contributed by atoms with van der Waals surface area (Å²) in [6.07, 6.45) is 61.8. The minimum Gasteiger partial charge on any atom is -0.462 e. The van der Waals surface area contributed by atoms with E-state index in [1.165, 1.54) is 128 Å². The number of ether oxygens (including phenoxy) is 3. The Hall–Kier alpha value is -3.15. The van der Waals surface area contributed by atoms with Crippen molar-refractivity contribution < 1.29 is 28.6 Å². The van der Waals surface area contributed by atoms with Crippen LogP contribution in [0.25, 0.3) is 0 Å². The number of hydrogen-bond donors (Lipinski definition) is 0. The van der Waals surface area contributed by atoms with Crippen molar-refractivity contribution in [1.29, 1.82) is 0 Å². The van der Waals surface area contributed by atoms with Gasteiger partial charge in [-0.05, 0) is 83.5 Å². The Labute approximate surface area is 376 Å². The van der Waals surface area contributed by atoms with Crippen LogP contribution in [-0.2, 0) is 28.6 Å². The third kappa shape index (κ3) is 47.7. The van der Waals surface area contributed by atoms with Gasteiger partial charge >= 0.3 is 17.9 Å². The van der Waals surface area contributed by atoms with Crippen molar-refractivity contribution in [2.24, 2.45) is 0 Å². The molecule has 0 saturated carbocycles. The van der Waals surface area contributed by atoms with E-state index in [-0.39, 0.29) is 37.5 Å². The average Bonchev–Trinajstić information content (AvgIpc) is 3.26. The van der Waals surface area contributed by atoms with E-state index in [1.54, 1.807) is 0 Å². The van der Waals surface area contributed by atoms with Gasteiger partial charge in [0.2, 0.25) is 0 Å². The largest absolute Gasteiger partial charge is 0.462 e. The highest BCUT2D eigenvalue weighted by Gasteiger charge is 2.19. The molecule has 0 radical (unpaired) electrons. The highest BCUT2D eigenvalue weighted by molar-refractivity contribution is 5.71. The molecule has 0 saturated heterocycles. The van der Waals surface area contributed by atoms with Crippen LogP contribution in [0.15, 0.2) is 72.9 Å². The number of hydrogen-bond acceptors (Lipinski definition) is 6. The van der Waals surface area contributed by atoms with Gasteiger partial charge in [0.15, 0.2) is 6.10 Å². The van der Waals surface area contributed by atoms with Crippen LogP contribution in [0.2, 0.25) is 0 Å². The molecule has 0 aromatic rings. The van der Waals surface area contributed by atoms with Gasteiger partial charge in [-0.25, -0.2) is 0 Å². The first-order valence-corrected chi connectivity index (χ1v) is 25.5. The maximum Gasteiger partial charge on any atom is 0.306 e. The Bertz CT molecular complexity index is 1160. The summed E-state index contributed by atoms with van der Waals surface area (Å²) in [7, 11) is 0. The van der Waals surface area contributed by atoms with E-state index in [0.29, 0.717) is 19.3 Å². The molecule has 0 aliphatic carbocycles. The van der Waals surface area contributed by atoms with Gasteiger partial charge in [-0.2, -0.15) is 0 Å². The molecule has 0 aromatic carbocycles. The number of carbonyl (C=O) groups is 3. The van der Waals surface area contributed by atoms with Gasteiger partial charge in [-0.15, -0.1) is 0 Å². The van der Waals surface area contributed by atoms with E-state index in [1.807, 2.05) is 6.08 Å². The lowest BCUT2D eigenvalue weighted by Gasteiger charge is -2.18. The second-order valence-electron chi connectivity index (χ2n) is 16.7. The van der Waals surface area contributed by atoms with E-state index in [9.17, 15) is 14.4 Å². The molecule has 0 bridgehead atoms. The second kappa shape index (κ2) is 49.5. The van der Waals surface area contributed by atoms with E-state index >= 15 is 0 Å². The van der Waals surface area contributed by atoms with Crippen LogP contribution in [0.4, 0.5) is 0 Å². The molecule has 0 N–H and O–H groups in total. The van der Waals surface area contributed by atoms with Crippen molar-refractivity contribution >= 4 is 17.9 Å². The molecular formula is C55H94O6. The predicted octanol–water partition coefficient (Wildman–Crippen LogP) is 16.6. The molecule has 0 fully saturated rings. The fourth-order valence-corrected chi connectivity index (χ4v) is 6.90. The molecule has 61 heavy (non-hydrogen) atoms. The van der Waals surface area contributed by atoms with Crippen molar-refractivity contribution in [1.82, 2.24) is 0 Å². The molecule has 1 unspecified atom stereocenters. The van der Waals surface area contributed by atoms with Gasteiger partial charge in [0.1, 0.15) is 13.2 Å². The molecule has 6 heteroatoms. The molecule has 0 aliphatic rings. The molecule has 6 nitrogen and oxygen atoms in total. The van der Waals surface area contributed by atoms with Crippen LogP contribution in [0.5, 0.6) is 0 Å². The Morgan fingerprint density at radius 1 is 0.361 bits per heavy atom. The van der Waals surface area contributed by atoms with E-state index in [4.69, 9.17) is 14.2 Å². The topological polar surface area (TPSA) is 78.9 Å². The number of esters is 3. The second-order valence-corrected chi connectivity index (χ2v) is 16.7. The lowest BCUT2D eigenvalue weighted by Crippen LogP contribution is -2.30. The highest BCUT2D eigenvalue weighted by atomic mass is 16.6. The van der Waals surface area contributed by atoms with Crippen molar-refractivity contribution in [3.05, 3.63) is 72.9 Å². The number of allylic oxidation sites excluding steroid dienone is 12. The first kappa shape index (κ1) is 57.9. The van der Waals surface area contributed by atoms with E-state index < -0.39 is 6.10 Å². The number of carbonyl (C=O) groups excluding carboxylic acids is 3.